The number of carbonyl (C=O) groups is 2. The van der Waals surface area contributed by atoms with Crippen molar-refractivity contribution in [2.75, 3.05) is 19.8 Å². The van der Waals surface area contributed by atoms with E-state index < -0.39 is 49.5 Å². The van der Waals surface area contributed by atoms with Crippen molar-refractivity contribution in [2.24, 2.45) is 0 Å². The number of esters is 1. The SMILES string of the molecule is CCCC/C=C\CCCCCCCC(=O)OCCCCCCCCCCCCCC/C=C\CCCCCCCCCCCCCCC(=O)NC(COC1OC(CO)C(O)C(O)C1O)C(O)/C=C/CC/C=C/CCCCCCCCCC. The predicted molar refractivity (Wildman–Crippen MR) is 338 cm³/mol. The summed E-state index contributed by atoms with van der Waals surface area (Å²) in [6, 6.07) is -0.828. The first-order valence-corrected chi connectivity index (χ1v) is 34.4. The maximum absolute atomic E-state index is 13.1. The molecular formula is C70H129NO10. The van der Waals surface area contributed by atoms with Crippen molar-refractivity contribution < 1.29 is 49.3 Å². The van der Waals surface area contributed by atoms with E-state index in [0.717, 1.165) is 57.8 Å². The second-order valence-corrected chi connectivity index (χ2v) is 23.9. The van der Waals surface area contributed by atoms with Crippen LogP contribution in [0.2, 0.25) is 0 Å². The van der Waals surface area contributed by atoms with Crippen LogP contribution in [0, 0.1) is 0 Å². The van der Waals surface area contributed by atoms with E-state index in [-0.39, 0.29) is 18.5 Å². The van der Waals surface area contributed by atoms with Gasteiger partial charge in [0.25, 0.3) is 0 Å². The number of allylic oxidation sites excluding steroid dienone is 7. The van der Waals surface area contributed by atoms with E-state index >= 15 is 0 Å². The summed E-state index contributed by atoms with van der Waals surface area (Å²) in [5.74, 6) is -0.196. The number of hydrogen-bond donors (Lipinski definition) is 6. The van der Waals surface area contributed by atoms with Crippen LogP contribution in [0.1, 0.15) is 322 Å². The van der Waals surface area contributed by atoms with Crippen LogP contribution in [0.25, 0.3) is 0 Å². The minimum Gasteiger partial charge on any atom is -0.466 e. The zero-order valence-corrected chi connectivity index (χ0v) is 52.5. The Morgan fingerprint density at radius 3 is 1.26 bits per heavy atom. The summed E-state index contributed by atoms with van der Waals surface area (Å²) in [5, 5.41) is 54.5. The first-order valence-electron chi connectivity index (χ1n) is 34.4. The van der Waals surface area contributed by atoms with Gasteiger partial charge in [-0.2, -0.15) is 0 Å². The molecule has 6 N–H and O–H groups in total. The van der Waals surface area contributed by atoms with Gasteiger partial charge in [0.2, 0.25) is 5.91 Å². The first kappa shape index (κ1) is 76.6. The summed E-state index contributed by atoms with van der Waals surface area (Å²) in [7, 11) is 0. The molecule has 474 valence electrons. The molecule has 1 heterocycles. The Morgan fingerprint density at radius 1 is 0.444 bits per heavy atom. The summed E-state index contributed by atoms with van der Waals surface area (Å²) in [6.07, 6.45) is 66.6. The molecule has 0 bridgehead atoms. The molecule has 1 fully saturated rings. The number of amides is 1. The molecule has 1 rings (SSSR count). The lowest BCUT2D eigenvalue weighted by atomic mass is 9.99. The van der Waals surface area contributed by atoms with Gasteiger partial charge in [-0.3, -0.25) is 9.59 Å². The van der Waals surface area contributed by atoms with Crippen LogP contribution in [0.15, 0.2) is 48.6 Å². The predicted octanol–water partition coefficient (Wildman–Crippen LogP) is 17.2. The van der Waals surface area contributed by atoms with Crippen LogP contribution in [-0.4, -0.2) is 100 Å². The van der Waals surface area contributed by atoms with E-state index in [0.29, 0.717) is 19.4 Å². The van der Waals surface area contributed by atoms with Gasteiger partial charge in [0.05, 0.1) is 32.0 Å². The molecule has 1 aliphatic rings. The summed E-state index contributed by atoms with van der Waals surface area (Å²) < 4.78 is 16.7. The van der Waals surface area contributed by atoms with Gasteiger partial charge >= 0.3 is 5.97 Å². The number of aliphatic hydroxyl groups excluding tert-OH is 5. The normalized spacial score (nSPS) is 18.5. The smallest absolute Gasteiger partial charge is 0.305 e. The second kappa shape index (κ2) is 59.4. The summed E-state index contributed by atoms with van der Waals surface area (Å²) >= 11 is 0. The van der Waals surface area contributed by atoms with E-state index in [2.05, 4.69) is 55.6 Å². The van der Waals surface area contributed by atoms with E-state index in [1.54, 1.807) is 6.08 Å². The average Bonchev–Trinajstić information content (AvgIpc) is 3.50. The van der Waals surface area contributed by atoms with Crippen LogP contribution in [0.3, 0.4) is 0 Å². The number of rotatable bonds is 60. The van der Waals surface area contributed by atoms with E-state index in [1.807, 2.05) is 6.08 Å². The minimum absolute atomic E-state index is 0.00481. The third-order valence-electron chi connectivity index (χ3n) is 16.1. The molecular weight excluding hydrogens is 1010 g/mol. The van der Waals surface area contributed by atoms with Crippen LogP contribution in [0.5, 0.6) is 0 Å². The molecule has 0 spiro atoms. The number of hydrogen-bond acceptors (Lipinski definition) is 10. The molecule has 81 heavy (non-hydrogen) atoms. The van der Waals surface area contributed by atoms with Gasteiger partial charge in [-0.05, 0) is 89.9 Å². The van der Waals surface area contributed by atoms with E-state index in [1.165, 1.54) is 238 Å². The van der Waals surface area contributed by atoms with E-state index in [4.69, 9.17) is 14.2 Å². The van der Waals surface area contributed by atoms with Crippen LogP contribution in [-0.2, 0) is 23.8 Å². The zero-order chi connectivity index (χ0) is 58.7. The molecule has 7 unspecified atom stereocenters. The highest BCUT2D eigenvalue weighted by atomic mass is 16.7. The summed E-state index contributed by atoms with van der Waals surface area (Å²) in [6.45, 7) is 4.31. The molecule has 11 heteroatoms. The highest BCUT2D eigenvalue weighted by Crippen LogP contribution is 2.23. The highest BCUT2D eigenvalue weighted by molar-refractivity contribution is 5.76. The third-order valence-corrected chi connectivity index (χ3v) is 16.1. The number of carbonyl (C=O) groups excluding carboxylic acids is 2. The maximum Gasteiger partial charge on any atom is 0.305 e. The fourth-order valence-electron chi connectivity index (χ4n) is 10.7. The van der Waals surface area contributed by atoms with Crippen LogP contribution in [0.4, 0.5) is 0 Å². The third kappa shape index (κ3) is 48.5. The number of aliphatic hydroxyl groups is 5. The fourth-order valence-corrected chi connectivity index (χ4v) is 10.7. The fraction of sp³-hybridized carbons (Fsp3) is 0.857. The molecule has 0 aromatic heterocycles. The molecule has 11 nitrogen and oxygen atoms in total. The van der Waals surface area contributed by atoms with Crippen molar-refractivity contribution in [3.05, 3.63) is 48.6 Å². The van der Waals surface area contributed by atoms with Crippen molar-refractivity contribution in [3.8, 4) is 0 Å². The number of unbranched alkanes of at least 4 members (excludes halogenated alkanes) is 40. The lowest BCUT2D eigenvalue weighted by Gasteiger charge is -2.40. The van der Waals surface area contributed by atoms with Crippen molar-refractivity contribution in [3.63, 3.8) is 0 Å². The Kier molecular flexibility index (Phi) is 56.2. The number of nitrogens with one attached hydrogen (secondary N) is 1. The molecule has 0 aromatic carbocycles. The number of ether oxygens (including phenoxy) is 3. The van der Waals surface area contributed by atoms with E-state index in [9.17, 15) is 35.1 Å². The molecule has 1 aliphatic heterocycles. The highest BCUT2D eigenvalue weighted by Gasteiger charge is 2.44. The van der Waals surface area contributed by atoms with Crippen LogP contribution < -0.4 is 5.32 Å². The lowest BCUT2D eigenvalue weighted by Crippen LogP contribution is -2.60. The molecule has 0 aromatic rings. The lowest BCUT2D eigenvalue weighted by molar-refractivity contribution is -0.302. The van der Waals surface area contributed by atoms with Gasteiger partial charge < -0.3 is 45.1 Å². The van der Waals surface area contributed by atoms with Crippen LogP contribution >= 0.6 is 0 Å². The van der Waals surface area contributed by atoms with Crippen molar-refractivity contribution in [1.29, 1.82) is 0 Å². The van der Waals surface area contributed by atoms with Crippen molar-refractivity contribution in [1.82, 2.24) is 5.32 Å². The van der Waals surface area contributed by atoms with Gasteiger partial charge in [-0.15, -0.1) is 0 Å². The maximum atomic E-state index is 13.1. The molecule has 7 atom stereocenters. The first-order chi connectivity index (χ1) is 39.7. The second-order valence-electron chi connectivity index (χ2n) is 23.9. The monoisotopic (exact) mass is 1140 g/mol. The Bertz CT molecular complexity index is 1480. The Hall–Kier alpha value is -2.38. The zero-order valence-electron chi connectivity index (χ0n) is 52.5. The van der Waals surface area contributed by atoms with Gasteiger partial charge in [0.15, 0.2) is 6.29 Å². The van der Waals surface area contributed by atoms with Crippen molar-refractivity contribution >= 4 is 11.9 Å². The molecule has 1 amide bonds. The minimum atomic E-state index is -1.58. The summed E-state index contributed by atoms with van der Waals surface area (Å²) in [5.41, 5.74) is 0. The standard InChI is InChI=1S/C70H129NO10/c1-3-5-7-9-11-13-15-16-33-37-40-44-48-52-56-63(73)62(61-80-70-69(78)68(77)67(76)64(60-72)81-70)71-65(74)57-53-49-45-41-38-34-31-29-27-25-23-21-19-17-18-20-22-24-26-28-30-32-35-39-43-47-51-55-59-79-66(75)58-54-50-46-42-36-14-12-10-8-6-4-2/h10,12,17-18,37,40,52,56,62-64,67-70,72-73,76-78H,3-9,11,13-16,19-36,38-39,41-51,53-55,57-61H2,1-2H3,(H,71,74)/b12-10-,18-17-,40-37+,56-52+. The molecule has 0 radical (unpaired) electrons. The molecule has 0 saturated carbocycles. The van der Waals surface area contributed by atoms with Gasteiger partial charge in [-0.1, -0.05) is 268 Å². The molecule has 0 aliphatic carbocycles. The van der Waals surface area contributed by atoms with Gasteiger partial charge in [-0.25, -0.2) is 0 Å². The molecule has 1 saturated heterocycles. The average molecular weight is 1140 g/mol. The quantitative estimate of drug-likeness (QED) is 0.0195. The van der Waals surface area contributed by atoms with Crippen molar-refractivity contribution in [2.45, 2.75) is 365 Å². The Balaban J connectivity index is 2.01. The largest absolute Gasteiger partial charge is 0.466 e. The van der Waals surface area contributed by atoms with Gasteiger partial charge in [0.1, 0.15) is 24.4 Å². The topological polar surface area (TPSA) is 175 Å². The Labute approximate surface area is 497 Å². The van der Waals surface area contributed by atoms with Gasteiger partial charge in [0, 0.05) is 12.8 Å². The summed E-state index contributed by atoms with van der Waals surface area (Å²) in [4.78, 5) is 25.1. The Morgan fingerprint density at radius 2 is 0.815 bits per heavy atom.